The molecule has 0 spiro atoms. The van der Waals surface area contributed by atoms with Crippen LogP contribution < -0.4 is 0 Å². The van der Waals surface area contributed by atoms with Crippen molar-refractivity contribution < 1.29 is 23.5 Å². The summed E-state index contributed by atoms with van der Waals surface area (Å²) in [6.45, 7) is 10.8. The van der Waals surface area contributed by atoms with Crippen LogP contribution in [0.15, 0.2) is 28.9 Å². The number of hydrogen-bond acceptors (Lipinski definition) is 5. The van der Waals surface area contributed by atoms with Crippen molar-refractivity contribution in [3.05, 3.63) is 35.8 Å². The van der Waals surface area contributed by atoms with Crippen LogP contribution in [0.25, 0.3) is 12.2 Å². The van der Waals surface area contributed by atoms with E-state index in [4.69, 9.17) is 13.9 Å². The SMILES string of the molecule is CC(C)(C)OC(=O)/C=C/c1ccoc1/C=C/C(=O)OC(C)(C)C. The monoisotopic (exact) mass is 320 g/mol. The quantitative estimate of drug-likeness (QED) is 0.620. The fourth-order valence-electron chi connectivity index (χ4n) is 1.58. The van der Waals surface area contributed by atoms with Crippen molar-refractivity contribution >= 4 is 24.1 Å². The van der Waals surface area contributed by atoms with Crippen LogP contribution in [0.2, 0.25) is 0 Å². The Balaban J connectivity index is 2.73. The van der Waals surface area contributed by atoms with E-state index in [2.05, 4.69) is 0 Å². The molecule has 0 atom stereocenters. The van der Waals surface area contributed by atoms with Gasteiger partial charge in [0.15, 0.2) is 0 Å². The number of carbonyl (C=O) groups excluding carboxylic acids is 2. The molecular formula is C18H24O5. The lowest BCUT2D eigenvalue weighted by atomic mass is 10.2. The molecular weight excluding hydrogens is 296 g/mol. The van der Waals surface area contributed by atoms with Crippen LogP contribution in [0.4, 0.5) is 0 Å². The largest absolute Gasteiger partial charge is 0.464 e. The second kappa shape index (κ2) is 7.31. The molecule has 0 bridgehead atoms. The Morgan fingerprint density at radius 3 is 1.87 bits per heavy atom. The average molecular weight is 320 g/mol. The first-order chi connectivity index (χ1) is 10.5. The molecule has 0 aliphatic heterocycles. The van der Waals surface area contributed by atoms with Crippen molar-refractivity contribution in [1.82, 2.24) is 0 Å². The van der Waals surface area contributed by atoms with E-state index < -0.39 is 23.1 Å². The van der Waals surface area contributed by atoms with Gasteiger partial charge in [0.05, 0.1) is 6.26 Å². The summed E-state index contributed by atoms with van der Waals surface area (Å²) >= 11 is 0. The molecule has 0 amide bonds. The van der Waals surface area contributed by atoms with Crippen LogP contribution in [0, 0.1) is 0 Å². The molecule has 1 heterocycles. The highest BCUT2D eigenvalue weighted by Gasteiger charge is 2.15. The molecule has 0 fully saturated rings. The Morgan fingerprint density at radius 2 is 1.39 bits per heavy atom. The number of rotatable bonds is 4. The molecule has 126 valence electrons. The second-order valence-corrected chi connectivity index (χ2v) is 6.97. The summed E-state index contributed by atoms with van der Waals surface area (Å²) in [4.78, 5) is 23.3. The molecule has 0 radical (unpaired) electrons. The summed E-state index contributed by atoms with van der Waals surface area (Å²) in [5.74, 6) is -0.451. The van der Waals surface area contributed by atoms with E-state index in [0.717, 1.165) is 0 Å². The summed E-state index contributed by atoms with van der Waals surface area (Å²) in [6, 6.07) is 1.69. The van der Waals surface area contributed by atoms with Gasteiger partial charge in [0.2, 0.25) is 0 Å². The predicted molar refractivity (Wildman–Crippen MR) is 88.5 cm³/mol. The van der Waals surface area contributed by atoms with Gasteiger partial charge in [-0.3, -0.25) is 0 Å². The molecule has 0 aromatic carbocycles. The highest BCUT2D eigenvalue weighted by molar-refractivity contribution is 5.90. The van der Waals surface area contributed by atoms with E-state index in [-0.39, 0.29) is 0 Å². The fourth-order valence-corrected chi connectivity index (χ4v) is 1.58. The third-order valence-corrected chi connectivity index (χ3v) is 2.31. The molecule has 5 nitrogen and oxygen atoms in total. The Hall–Kier alpha value is -2.30. The van der Waals surface area contributed by atoms with Gasteiger partial charge in [0.25, 0.3) is 0 Å². The van der Waals surface area contributed by atoms with Gasteiger partial charge in [0.1, 0.15) is 17.0 Å². The standard InChI is InChI=1S/C18H24O5/c1-17(2,3)22-15(19)9-7-13-11-12-21-14(13)8-10-16(20)23-18(4,5)6/h7-12H,1-6H3/b9-7+,10-8+. The molecule has 23 heavy (non-hydrogen) atoms. The zero-order chi connectivity index (χ0) is 17.7. The van der Waals surface area contributed by atoms with E-state index in [1.807, 2.05) is 0 Å². The van der Waals surface area contributed by atoms with Gasteiger partial charge >= 0.3 is 11.9 Å². The number of esters is 2. The van der Waals surface area contributed by atoms with Crippen LogP contribution in [0.5, 0.6) is 0 Å². The topological polar surface area (TPSA) is 65.7 Å². The van der Waals surface area contributed by atoms with Crippen LogP contribution >= 0.6 is 0 Å². The van der Waals surface area contributed by atoms with Gasteiger partial charge in [-0.1, -0.05) is 0 Å². The molecule has 1 rings (SSSR count). The van der Waals surface area contributed by atoms with E-state index in [9.17, 15) is 9.59 Å². The van der Waals surface area contributed by atoms with Gasteiger partial charge < -0.3 is 13.9 Å². The smallest absolute Gasteiger partial charge is 0.331 e. The fraction of sp³-hybridized carbons (Fsp3) is 0.444. The third-order valence-electron chi connectivity index (χ3n) is 2.31. The first kappa shape index (κ1) is 18.7. The Labute approximate surface area is 137 Å². The molecule has 0 saturated heterocycles. The van der Waals surface area contributed by atoms with Crippen LogP contribution in [-0.4, -0.2) is 23.1 Å². The lowest BCUT2D eigenvalue weighted by Gasteiger charge is -2.18. The molecule has 0 aliphatic rings. The number of hydrogen-bond donors (Lipinski definition) is 0. The van der Waals surface area contributed by atoms with Crippen molar-refractivity contribution in [3.8, 4) is 0 Å². The first-order valence-corrected chi connectivity index (χ1v) is 7.36. The minimum absolute atomic E-state index is 0.444. The average Bonchev–Trinajstić information content (AvgIpc) is 2.77. The predicted octanol–water partition coefficient (Wildman–Crippen LogP) is 3.99. The van der Waals surface area contributed by atoms with Crippen LogP contribution in [0.1, 0.15) is 52.9 Å². The van der Waals surface area contributed by atoms with Crippen LogP contribution in [0.3, 0.4) is 0 Å². The second-order valence-electron chi connectivity index (χ2n) is 6.97. The van der Waals surface area contributed by atoms with E-state index in [1.165, 1.54) is 24.5 Å². The highest BCUT2D eigenvalue weighted by atomic mass is 16.6. The number of carbonyl (C=O) groups is 2. The van der Waals surface area contributed by atoms with Gasteiger partial charge in [-0.05, 0) is 59.8 Å². The molecule has 1 aromatic heterocycles. The van der Waals surface area contributed by atoms with E-state index in [0.29, 0.717) is 11.3 Å². The van der Waals surface area contributed by atoms with Crippen molar-refractivity contribution in [2.24, 2.45) is 0 Å². The maximum absolute atomic E-state index is 11.7. The lowest BCUT2D eigenvalue weighted by Crippen LogP contribution is -2.22. The summed E-state index contributed by atoms with van der Waals surface area (Å²) in [6.07, 6.45) is 7.16. The van der Waals surface area contributed by atoms with Gasteiger partial charge in [-0.25, -0.2) is 9.59 Å². The highest BCUT2D eigenvalue weighted by Crippen LogP contribution is 2.16. The van der Waals surface area contributed by atoms with Gasteiger partial charge in [-0.15, -0.1) is 0 Å². The van der Waals surface area contributed by atoms with Crippen molar-refractivity contribution in [2.45, 2.75) is 52.7 Å². The summed E-state index contributed by atoms with van der Waals surface area (Å²) in [7, 11) is 0. The van der Waals surface area contributed by atoms with E-state index >= 15 is 0 Å². The lowest BCUT2D eigenvalue weighted by molar-refractivity contribution is -0.149. The van der Waals surface area contributed by atoms with Gasteiger partial charge in [-0.2, -0.15) is 0 Å². The maximum Gasteiger partial charge on any atom is 0.331 e. The van der Waals surface area contributed by atoms with Gasteiger partial charge in [0, 0.05) is 17.7 Å². The minimum Gasteiger partial charge on any atom is -0.464 e. The summed E-state index contributed by atoms with van der Waals surface area (Å²) in [5, 5.41) is 0. The Kier molecular flexibility index (Phi) is 5.96. The molecule has 0 saturated carbocycles. The Bertz CT molecular complexity index is 554. The number of ether oxygens (including phenoxy) is 2. The summed E-state index contributed by atoms with van der Waals surface area (Å²) < 4.78 is 15.6. The summed E-state index contributed by atoms with van der Waals surface area (Å²) in [5.41, 5.74) is -0.433. The number of furan rings is 1. The molecule has 0 N–H and O–H groups in total. The Morgan fingerprint density at radius 1 is 0.913 bits per heavy atom. The van der Waals surface area contributed by atoms with Crippen LogP contribution in [-0.2, 0) is 19.1 Å². The first-order valence-electron chi connectivity index (χ1n) is 7.36. The normalized spacial score (nSPS) is 12.8. The van der Waals surface area contributed by atoms with Crippen molar-refractivity contribution in [3.63, 3.8) is 0 Å². The molecule has 5 heteroatoms. The van der Waals surface area contributed by atoms with E-state index in [1.54, 1.807) is 53.7 Å². The maximum atomic E-state index is 11.7. The van der Waals surface area contributed by atoms with Crippen molar-refractivity contribution in [2.75, 3.05) is 0 Å². The zero-order valence-corrected chi connectivity index (χ0v) is 14.5. The minimum atomic E-state index is -0.552. The molecule has 0 unspecified atom stereocenters. The van der Waals surface area contributed by atoms with Crippen molar-refractivity contribution in [1.29, 1.82) is 0 Å². The zero-order valence-electron chi connectivity index (χ0n) is 14.5. The molecule has 0 aliphatic carbocycles. The third kappa shape index (κ3) is 8.04. The molecule has 1 aromatic rings.